The zero-order valence-electron chi connectivity index (χ0n) is 16.1. The number of ether oxygens (including phenoxy) is 1. The molecule has 1 aromatic carbocycles. The highest BCUT2D eigenvalue weighted by Crippen LogP contribution is 2.32. The van der Waals surface area contributed by atoms with Gasteiger partial charge in [-0.2, -0.15) is 0 Å². The first-order chi connectivity index (χ1) is 14.6. The van der Waals surface area contributed by atoms with E-state index in [-0.39, 0.29) is 11.4 Å². The van der Waals surface area contributed by atoms with Crippen molar-refractivity contribution in [1.29, 1.82) is 0 Å². The molecule has 0 atom stereocenters. The number of carbonyl (C=O) groups is 3. The average Bonchev–Trinajstić information content (AvgIpc) is 3.03. The van der Waals surface area contributed by atoms with E-state index in [2.05, 4.69) is 15.2 Å². The van der Waals surface area contributed by atoms with Crippen LogP contribution < -0.4 is 10.2 Å². The van der Waals surface area contributed by atoms with Crippen molar-refractivity contribution in [2.24, 2.45) is 0 Å². The minimum Gasteiger partial charge on any atom is -0.378 e. The molecule has 8 nitrogen and oxygen atoms in total. The molecule has 3 heterocycles. The lowest BCUT2D eigenvalue weighted by Crippen LogP contribution is -2.36. The highest BCUT2D eigenvalue weighted by molar-refractivity contribution is 8.18. The van der Waals surface area contributed by atoms with Crippen molar-refractivity contribution in [3.8, 4) is 0 Å². The Morgan fingerprint density at radius 2 is 1.93 bits per heavy atom. The molecule has 1 N–H and O–H groups in total. The number of hydrogen-bond acceptors (Lipinski definition) is 7. The van der Waals surface area contributed by atoms with Gasteiger partial charge in [-0.15, -0.1) is 0 Å². The van der Waals surface area contributed by atoms with Crippen molar-refractivity contribution in [3.63, 3.8) is 0 Å². The van der Waals surface area contributed by atoms with Gasteiger partial charge in [0.15, 0.2) is 0 Å². The van der Waals surface area contributed by atoms with Gasteiger partial charge in [0.05, 0.1) is 18.1 Å². The van der Waals surface area contributed by atoms with Crippen LogP contribution in [0.15, 0.2) is 53.7 Å². The van der Waals surface area contributed by atoms with Gasteiger partial charge in [0.2, 0.25) is 5.91 Å². The number of nitrogens with zero attached hydrogens (tertiary/aromatic N) is 3. The van der Waals surface area contributed by atoms with Crippen molar-refractivity contribution in [1.82, 2.24) is 9.88 Å². The Balaban J connectivity index is 1.36. The molecule has 2 fully saturated rings. The van der Waals surface area contributed by atoms with E-state index in [1.165, 1.54) is 0 Å². The molecule has 9 heteroatoms. The molecule has 0 spiro atoms. The van der Waals surface area contributed by atoms with Crippen molar-refractivity contribution >= 4 is 46.3 Å². The van der Waals surface area contributed by atoms with Gasteiger partial charge in [-0.05, 0) is 53.7 Å². The fourth-order valence-electron chi connectivity index (χ4n) is 3.17. The molecule has 0 bridgehead atoms. The monoisotopic (exact) mass is 424 g/mol. The van der Waals surface area contributed by atoms with Crippen LogP contribution in [0, 0.1) is 0 Å². The molecule has 0 radical (unpaired) electrons. The standard InChI is InChI=1S/C21H20N4O4S/c26-19(23-16-3-5-17(6-4-16)24-8-10-29-11-9-24)14-25-20(27)18(30-21(25)28)12-15-2-1-7-22-13-15/h1-7,12-13H,8-11,14H2,(H,23,26)/b18-12+. The maximum atomic E-state index is 12.5. The van der Waals surface area contributed by atoms with Crippen LogP contribution in [0.2, 0.25) is 0 Å². The van der Waals surface area contributed by atoms with Crippen molar-refractivity contribution in [2.75, 3.05) is 43.1 Å². The first kappa shape index (κ1) is 20.1. The van der Waals surface area contributed by atoms with Gasteiger partial charge in [-0.3, -0.25) is 24.3 Å². The zero-order valence-corrected chi connectivity index (χ0v) is 16.9. The van der Waals surface area contributed by atoms with E-state index in [0.717, 1.165) is 35.4 Å². The molecule has 4 rings (SSSR count). The Hall–Kier alpha value is -3.17. The molecule has 154 valence electrons. The van der Waals surface area contributed by atoms with Gasteiger partial charge in [-0.25, -0.2) is 0 Å². The van der Waals surface area contributed by atoms with Crippen molar-refractivity contribution in [2.45, 2.75) is 0 Å². The number of benzene rings is 1. The number of aromatic nitrogens is 1. The summed E-state index contributed by atoms with van der Waals surface area (Å²) < 4.78 is 5.35. The van der Waals surface area contributed by atoms with E-state index in [1.54, 1.807) is 42.7 Å². The maximum Gasteiger partial charge on any atom is 0.294 e. The fourth-order valence-corrected chi connectivity index (χ4v) is 4.01. The van der Waals surface area contributed by atoms with Gasteiger partial charge < -0.3 is 15.0 Å². The van der Waals surface area contributed by atoms with Gasteiger partial charge in [-0.1, -0.05) is 6.07 Å². The predicted octanol–water partition coefficient (Wildman–Crippen LogP) is 2.59. The van der Waals surface area contributed by atoms with Crippen molar-refractivity contribution in [3.05, 3.63) is 59.3 Å². The molecule has 0 aliphatic carbocycles. The molecule has 0 unspecified atom stereocenters. The number of morpholine rings is 1. The van der Waals surface area contributed by atoms with Gasteiger partial charge >= 0.3 is 0 Å². The Kier molecular flexibility index (Phi) is 6.10. The molecule has 2 aliphatic rings. The van der Waals surface area contributed by atoms with E-state index in [9.17, 15) is 14.4 Å². The number of pyridine rings is 1. The molecule has 2 aromatic rings. The zero-order chi connectivity index (χ0) is 20.9. The lowest BCUT2D eigenvalue weighted by Gasteiger charge is -2.28. The summed E-state index contributed by atoms with van der Waals surface area (Å²) in [4.78, 5) is 44.5. The number of hydrogen-bond donors (Lipinski definition) is 1. The fraction of sp³-hybridized carbons (Fsp3) is 0.238. The SMILES string of the molecule is O=C(CN1C(=O)S/C(=C/c2cccnc2)C1=O)Nc1ccc(N2CCOCC2)cc1. The van der Waals surface area contributed by atoms with Crippen LogP contribution in [0.25, 0.3) is 6.08 Å². The third-order valence-electron chi connectivity index (χ3n) is 4.68. The van der Waals surface area contributed by atoms with E-state index in [0.29, 0.717) is 24.5 Å². The molecule has 0 saturated carbocycles. The highest BCUT2D eigenvalue weighted by Gasteiger charge is 2.36. The van der Waals surface area contributed by atoms with E-state index >= 15 is 0 Å². The van der Waals surface area contributed by atoms with E-state index < -0.39 is 17.1 Å². The van der Waals surface area contributed by atoms with Gasteiger partial charge in [0.1, 0.15) is 6.54 Å². The largest absolute Gasteiger partial charge is 0.378 e. The summed E-state index contributed by atoms with van der Waals surface area (Å²) in [6.45, 7) is 2.73. The minimum absolute atomic E-state index is 0.274. The normalized spacial score (nSPS) is 18.2. The Morgan fingerprint density at radius 1 is 1.17 bits per heavy atom. The molecular weight excluding hydrogens is 404 g/mol. The van der Waals surface area contributed by atoms with Crippen LogP contribution in [0.5, 0.6) is 0 Å². The summed E-state index contributed by atoms with van der Waals surface area (Å²) in [7, 11) is 0. The number of anilines is 2. The van der Waals surface area contributed by atoms with Crippen LogP contribution in [0.4, 0.5) is 16.2 Å². The quantitative estimate of drug-likeness (QED) is 0.738. The second-order valence-electron chi connectivity index (χ2n) is 6.75. The molecule has 30 heavy (non-hydrogen) atoms. The summed E-state index contributed by atoms with van der Waals surface area (Å²) in [6.07, 6.45) is 4.82. The summed E-state index contributed by atoms with van der Waals surface area (Å²) in [5.41, 5.74) is 2.38. The maximum absolute atomic E-state index is 12.5. The first-order valence-electron chi connectivity index (χ1n) is 9.48. The number of imide groups is 1. The summed E-state index contributed by atoms with van der Waals surface area (Å²) in [5, 5.41) is 2.27. The predicted molar refractivity (Wildman–Crippen MR) is 115 cm³/mol. The van der Waals surface area contributed by atoms with E-state index in [4.69, 9.17) is 4.74 Å². The summed E-state index contributed by atoms with van der Waals surface area (Å²) in [6, 6.07) is 11.0. The minimum atomic E-state index is -0.480. The Labute approximate surface area is 177 Å². The van der Waals surface area contributed by atoms with Crippen molar-refractivity contribution < 1.29 is 19.1 Å². The lowest BCUT2D eigenvalue weighted by atomic mass is 10.2. The van der Waals surface area contributed by atoms with Gasteiger partial charge in [0.25, 0.3) is 11.1 Å². The van der Waals surface area contributed by atoms with E-state index in [1.807, 2.05) is 12.1 Å². The van der Waals surface area contributed by atoms with Crippen LogP contribution in [0.1, 0.15) is 5.56 Å². The number of thioether (sulfide) groups is 1. The summed E-state index contributed by atoms with van der Waals surface area (Å²) in [5.74, 6) is -0.911. The Morgan fingerprint density at radius 3 is 2.63 bits per heavy atom. The molecule has 2 saturated heterocycles. The summed E-state index contributed by atoms with van der Waals surface area (Å²) >= 11 is 0.818. The van der Waals surface area contributed by atoms with Crippen LogP contribution in [-0.2, 0) is 14.3 Å². The smallest absolute Gasteiger partial charge is 0.294 e. The molecule has 2 aliphatic heterocycles. The topological polar surface area (TPSA) is 91.8 Å². The van der Waals surface area contributed by atoms with Crippen LogP contribution >= 0.6 is 11.8 Å². The number of rotatable bonds is 5. The second-order valence-corrected chi connectivity index (χ2v) is 7.74. The van der Waals surface area contributed by atoms with Gasteiger partial charge in [0, 0.05) is 36.9 Å². The number of carbonyl (C=O) groups excluding carboxylic acids is 3. The third-order valence-corrected chi connectivity index (χ3v) is 5.59. The average molecular weight is 424 g/mol. The molecule has 1 aromatic heterocycles. The second kappa shape index (κ2) is 9.10. The first-order valence-corrected chi connectivity index (χ1v) is 10.3. The van der Waals surface area contributed by atoms with Crippen LogP contribution in [-0.4, -0.2) is 59.8 Å². The third kappa shape index (κ3) is 4.69. The number of nitrogens with one attached hydrogen (secondary N) is 1. The molecule has 3 amide bonds. The Bertz CT molecular complexity index is 972. The number of amides is 3. The lowest BCUT2D eigenvalue weighted by molar-refractivity contribution is -0.127. The highest BCUT2D eigenvalue weighted by atomic mass is 32.2. The molecular formula is C21H20N4O4S. The van der Waals surface area contributed by atoms with Crippen LogP contribution in [0.3, 0.4) is 0 Å².